The molecule has 0 fully saturated rings. The van der Waals surface area contributed by atoms with Crippen LogP contribution in [0.25, 0.3) is 99.8 Å². The Labute approximate surface area is 497 Å². The van der Waals surface area contributed by atoms with Gasteiger partial charge in [-0.1, -0.05) is 18.2 Å². The second kappa shape index (κ2) is 21.1. The number of aromatic nitrogens is 5. The molecular formula is C62H28F24N6. The van der Waals surface area contributed by atoms with Gasteiger partial charge in [0.1, 0.15) is 11.6 Å². The second-order valence-electron chi connectivity index (χ2n) is 20.9. The number of fused-ring (bicyclic) bond motifs is 6. The molecule has 8 aromatic carbocycles. The zero-order valence-electron chi connectivity index (χ0n) is 45.5. The minimum atomic E-state index is -5.80. The highest BCUT2D eigenvalue weighted by molar-refractivity contribution is 6.15. The number of aryl methyl sites for hydroxylation is 2. The Bertz CT molecular complexity index is 4650. The molecule has 0 unspecified atom stereocenters. The Hall–Kier alpha value is -9.82. The maximum Gasteiger partial charge on any atom is 0.417 e. The summed E-state index contributed by atoms with van der Waals surface area (Å²) in [5.74, 6) is -0.478. The van der Waals surface area contributed by atoms with Crippen molar-refractivity contribution in [2.75, 3.05) is 0 Å². The fraction of sp³-hybridized carbons (Fsp3) is 0.161. The predicted octanol–water partition coefficient (Wildman–Crippen LogP) is 21.4. The van der Waals surface area contributed by atoms with E-state index in [0.717, 1.165) is 69.8 Å². The summed E-state index contributed by atoms with van der Waals surface area (Å²) in [7, 11) is 0. The molecule has 3 heterocycles. The van der Waals surface area contributed by atoms with Crippen LogP contribution in [0.1, 0.15) is 61.7 Å². The van der Waals surface area contributed by atoms with Crippen molar-refractivity contribution in [3.05, 3.63) is 195 Å². The van der Waals surface area contributed by atoms with Crippen LogP contribution < -0.4 is 0 Å². The molecule has 0 aliphatic carbocycles. The van der Waals surface area contributed by atoms with Crippen LogP contribution >= 0.6 is 0 Å². The third-order valence-electron chi connectivity index (χ3n) is 14.8. The molecule has 30 heteroatoms. The van der Waals surface area contributed by atoms with E-state index in [1.807, 2.05) is 6.07 Å². The van der Waals surface area contributed by atoms with E-state index in [1.165, 1.54) is 13.8 Å². The highest BCUT2D eigenvalue weighted by Crippen LogP contribution is 2.50. The van der Waals surface area contributed by atoms with Gasteiger partial charge in [0, 0.05) is 27.1 Å². The highest BCUT2D eigenvalue weighted by Gasteiger charge is 2.43. The van der Waals surface area contributed by atoms with E-state index >= 15 is 26.3 Å². The molecule has 474 valence electrons. The maximum atomic E-state index is 15.6. The van der Waals surface area contributed by atoms with Gasteiger partial charge < -0.3 is 9.13 Å². The summed E-state index contributed by atoms with van der Waals surface area (Å²) in [4.78, 5) is 12.6. The number of benzene rings is 8. The summed E-state index contributed by atoms with van der Waals surface area (Å²) in [6.45, 7) is 2.69. The normalized spacial score (nSPS) is 13.3. The van der Waals surface area contributed by atoms with E-state index in [0.29, 0.717) is 30.3 Å². The number of hydrogen-bond acceptors (Lipinski definition) is 4. The Balaban J connectivity index is 1.33. The lowest BCUT2D eigenvalue weighted by molar-refractivity contribution is -0.144. The standard InChI is InChI=1S/C62H28F24N6/c1-26-88-27(2)90-54(89-26)42-24-51(92-49-8-5-30(33-13-39(59(75,76)77)21-40(14-33)60(78,79)80)17-45(49)53-46(62(84,85)86)22-41(23-52(53)92)61(81,82)83)50(18-34(42)25-87)91-47-6-3-28(31-9-35(55(63,64)65)19-36(10-31)56(66,67)68)15-43(47)44-16-29(4-7-48(44)91)32-11-37(57(69,70)71)20-38(12-32)58(72,73)74/h3-24H,1-2H3. The second-order valence-corrected chi connectivity index (χ2v) is 20.9. The van der Waals surface area contributed by atoms with Crippen molar-refractivity contribution in [2.24, 2.45) is 0 Å². The van der Waals surface area contributed by atoms with Gasteiger partial charge in [-0.05, 0) is 162 Å². The van der Waals surface area contributed by atoms with E-state index in [1.54, 1.807) is 0 Å². The highest BCUT2D eigenvalue weighted by atomic mass is 19.4. The van der Waals surface area contributed by atoms with Gasteiger partial charge in [0.15, 0.2) is 5.82 Å². The molecule has 11 rings (SSSR count). The van der Waals surface area contributed by atoms with Crippen molar-refractivity contribution in [3.8, 4) is 62.2 Å². The number of halogens is 24. The number of alkyl halides is 24. The zero-order chi connectivity index (χ0) is 67.3. The van der Waals surface area contributed by atoms with Crippen LogP contribution in [0.3, 0.4) is 0 Å². The molecule has 0 N–H and O–H groups in total. The van der Waals surface area contributed by atoms with Gasteiger partial charge >= 0.3 is 49.4 Å². The van der Waals surface area contributed by atoms with Gasteiger partial charge in [0.05, 0.1) is 89.6 Å². The van der Waals surface area contributed by atoms with Crippen LogP contribution in [-0.4, -0.2) is 24.1 Å². The minimum absolute atomic E-state index is 0.0421. The molecule has 6 nitrogen and oxygen atoms in total. The van der Waals surface area contributed by atoms with Crippen LogP contribution in [0.2, 0.25) is 0 Å². The molecule has 11 aromatic rings. The molecule has 92 heavy (non-hydrogen) atoms. The van der Waals surface area contributed by atoms with Crippen LogP contribution in [0.4, 0.5) is 105 Å². The van der Waals surface area contributed by atoms with E-state index in [9.17, 15) is 84.3 Å². The van der Waals surface area contributed by atoms with Gasteiger partial charge in [-0.25, -0.2) is 15.0 Å². The smallest absolute Gasteiger partial charge is 0.307 e. The van der Waals surface area contributed by atoms with E-state index < -0.39 is 172 Å². The van der Waals surface area contributed by atoms with Gasteiger partial charge in [-0.2, -0.15) is 111 Å². The fourth-order valence-corrected chi connectivity index (χ4v) is 10.9. The summed E-state index contributed by atoms with van der Waals surface area (Å²) < 4.78 is 352. The molecule has 0 amide bonds. The summed E-state index contributed by atoms with van der Waals surface area (Å²) in [6, 6.07) is 12.8. The van der Waals surface area contributed by atoms with Crippen molar-refractivity contribution in [1.29, 1.82) is 5.26 Å². The van der Waals surface area contributed by atoms with E-state index in [2.05, 4.69) is 15.0 Å². The van der Waals surface area contributed by atoms with Crippen LogP contribution in [0, 0.1) is 25.2 Å². The monoisotopic (exact) mass is 1310 g/mol. The molecule has 3 aromatic heterocycles. The van der Waals surface area contributed by atoms with Crippen LogP contribution in [0.5, 0.6) is 0 Å². The Morgan fingerprint density at radius 2 is 0.630 bits per heavy atom. The van der Waals surface area contributed by atoms with Crippen molar-refractivity contribution in [3.63, 3.8) is 0 Å². The maximum absolute atomic E-state index is 15.6. The number of rotatable bonds is 6. The van der Waals surface area contributed by atoms with Crippen molar-refractivity contribution in [2.45, 2.75) is 63.3 Å². The van der Waals surface area contributed by atoms with Crippen molar-refractivity contribution in [1.82, 2.24) is 24.1 Å². The quantitative estimate of drug-likeness (QED) is 0.156. The predicted molar refractivity (Wildman–Crippen MR) is 284 cm³/mol. The first-order chi connectivity index (χ1) is 42.4. The molecule has 0 atom stereocenters. The molecule has 0 radical (unpaired) electrons. The number of nitrogens with zero attached hydrogens (tertiary/aromatic N) is 6. The Kier molecular flexibility index (Phi) is 14.6. The molecular weight excluding hydrogens is 1280 g/mol. The topological polar surface area (TPSA) is 72.3 Å². The molecule has 0 saturated carbocycles. The lowest BCUT2D eigenvalue weighted by Gasteiger charge is -2.20. The Morgan fingerprint density at radius 3 is 0.967 bits per heavy atom. The number of nitriles is 1. The summed E-state index contributed by atoms with van der Waals surface area (Å²) in [5.41, 5.74) is -23.6. The van der Waals surface area contributed by atoms with Crippen molar-refractivity contribution >= 4 is 43.6 Å². The third-order valence-corrected chi connectivity index (χ3v) is 14.8. The van der Waals surface area contributed by atoms with Gasteiger partial charge in [0.2, 0.25) is 0 Å². The average Bonchev–Trinajstić information content (AvgIpc) is 1.54. The van der Waals surface area contributed by atoms with E-state index in [-0.39, 0.29) is 81.5 Å². The summed E-state index contributed by atoms with van der Waals surface area (Å²) in [5, 5.41) is 8.30. The molecule has 0 aliphatic heterocycles. The van der Waals surface area contributed by atoms with Crippen molar-refractivity contribution < 1.29 is 105 Å². The molecule has 0 aliphatic rings. The minimum Gasteiger partial charge on any atom is -0.307 e. The molecule has 0 spiro atoms. The first-order valence-corrected chi connectivity index (χ1v) is 25.9. The SMILES string of the molecule is Cc1nc(C)nc(-c2cc(-n3c4ccc(-c5cc(C(F)(F)F)cc(C(F)(F)F)c5)cc4c4c(C(F)(F)F)cc(C(F)(F)F)cc43)c(-n3c4ccc(-c5cc(C(F)(F)F)cc(C(F)(F)F)c5)cc4c4cc(-c5cc(C(F)(F)F)cc(C(F)(F)F)c5)ccc43)cc2C#N)n1. The summed E-state index contributed by atoms with van der Waals surface area (Å²) in [6.07, 6.45) is -44.2. The van der Waals surface area contributed by atoms with Gasteiger partial charge in [0.25, 0.3) is 0 Å². The first kappa shape index (κ1) is 63.7. The van der Waals surface area contributed by atoms with Gasteiger partial charge in [-0.3, -0.25) is 0 Å². The zero-order valence-corrected chi connectivity index (χ0v) is 45.5. The lowest BCUT2D eigenvalue weighted by atomic mass is 9.96. The largest absolute Gasteiger partial charge is 0.417 e. The summed E-state index contributed by atoms with van der Waals surface area (Å²) >= 11 is 0. The average molecular weight is 1310 g/mol. The van der Waals surface area contributed by atoms with E-state index in [4.69, 9.17) is 0 Å². The fourth-order valence-electron chi connectivity index (χ4n) is 10.9. The number of hydrogen-bond donors (Lipinski definition) is 0. The Morgan fingerprint density at radius 1 is 0.315 bits per heavy atom. The third kappa shape index (κ3) is 11.7. The molecule has 0 bridgehead atoms. The van der Waals surface area contributed by atoms with Crippen LogP contribution in [-0.2, 0) is 49.4 Å². The van der Waals surface area contributed by atoms with Gasteiger partial charge in [-0.15, -0.1) is 0 Å². The molecule has 0 saturated heterocycles. The first-order valence-electron chi connectivity index (χ1n) is 25.9. The van der Waals surface area contributed by atoms with Crippen LogP contribution in [0.15, 0.2) is 133 Å². The lowest BCUT2D eigenvalue weighted by Crippen LogP contribution is -2.12.